The number of imide groups is 1. The molecule has 0 aromatic heterocycles. The minimum atomic E-state index is -2.62. The second kappa shape index (κ2) is 6.40. The summed E-state index contributed by atoms with van der Waals surface area (Å²) in [4.78, 5) is 36.7. The lowest BCUT2D eigenvalue weighted by molar-refractivity contribution is -0.523. The van der Waals surface area contributed by atoms with Gasteiger partial charge in [-0.3, -0.25) is 24.6 Å². The number of alkyl halides is 2. The van der Waals surface area contributed by atoms with Gasteiger partial charge in [0.2, 0.25) is 0 Å². The summed E-state index contributed by atoms with van der Waals surface area (Å²) in [7, 11) is 0. The average molecular weight is 444 g/mol. The third-order valence-corrected chi connectivity index (χ3v) is 5.00. The summed E-state index contributed by atoms with van der Waals surface area (Å²) in [6.07, 6.45) is 0. The van der Waals surface area contributed by atoms with Crippen molar-refractivity contribution in [1.29, 1.82) is 0 Å². The summed E-state index contributed by atoms with van der Waals surface area (Å²) in [5.41, 5.74) is 0.561. The van der Waals surface area contributed by atoms with Crippen LogP contribution in [0.4, 0.5) is 0 Å². The van der Waals surface area contributed by atoms with Gasteiger partial charge < -0.3 is 0 Å². The van der Waals surface area contributed by atoms with Gasteiger partial charge in [-0.05, 0) is 53.0 Å². The number of rotatable bonds is 4. The fourth-order valence-corrected chi connectivity index (χ4v) is 3.59. The molecular weight excluding hydrogens is 435 g/mol. The molecule has 0 radical (unpaired) electrons. The Morgan fingerprint density at radius 3 is 2.08 bits per heavy atom. The molecule has 2 aromatic rings. The maximum absolute atomic E-state index is 12.7. The van der Waals surface area contributed by atoms with E-state index in [9.17, 15) is 19.7 Å². The molecular formula is C16H9BrCl2N2O4. The number of benzene rings is 2. The van der Waals surface area contributed by atoms with Crippen molar-refractivity contribution in [1.82, 2.24) is 4.90 Å². The van der Waals surface area contributed by atoms with E-state index < -0.39 is 27.2 Å². The predicted molar refractivity (Wildman–Crippen MR) is 95.3 cm³/mol. The molecule has 1 unspecified atom stereocenters. The van der Waals surface area contributed by atoms with E-state index in [0.717, 1.165) is 4.90 Å². The van der Waals surface area contributed by atoms with Crippen molar-refractivity contribution >= 4 is 50.9 Å². The van der Waals surface area contributed by atoms with Crippen LogP contribution in [0.1, 0.15) is 32.3 Å². The van der Waals surface area contributed by atoms with Crippen molar-refractivity contribution in [2.45, 2.75) is 10.5 Å². The van der Waals surface area contributed by atoms with Crippen LogP contribution in [0.2, 0.25) is 0 Å². The molecule has 2 amide bonds. The normalized spacial score (nSPS) is 15.2. The van der Waals surface area contributed by atoms with Gasteiger partial charge in [-0.1, -0.05) is 40.2 Å². The number of hydrogen-bond acceptors (Lipinski definition) is 4. The fourth-order valence-electron chi connectivity index (χ4n) is 2.72. The Morgan fingerprint density at radius 2 is 1.60 bits per heavy atom. The van der Waals surface area contributed by atoms with Gasteiger partial charge in [-0.2, -0.15) is 0 Å². The van der Waals surface area contributed by atoms with Crippen molar-refractivity contribution in [3.05, 3.63) is 79.8 Å². The van der Waals surface area contributed by atoms with E-state index in [1.807, 2.05) is 0 Å². The van der Waals surface area contributed by atoms with Crippen LogP contribution in [-0.4, -0.2) is 26.1 Å². The van der Waals surface area contributed by atoms with Gasteiger partial charge in [0, 0.05) is 4.47 Å². The number of fused-ring (bicyclic) bond motifs is 1. The number of amides is 2. The summed E-state index contributed by atoms with van der Waals surface area (Å²) < 4.78 is -2.02. The Labute approximate surface area is 160 Å². The number of carbonyl (C=O) groups excluding carboxylic acids is 2. The van der Waals surface area contributed by atoms with Crippen LogP contribution in [-0.2, 0) is 0 Å². The third-order valence-electron chi connectivity index (χ3n) is 3.82. The molecule has 0 saturated heterocycles. The van der Waals surface area contributed by atoms with Gasteiger partial charge in [0.05, 0.1) is 16.1 Å². The standard InChI is InChI=1S/C16H9BrCl2N2O4/c17-10-5-3-4-9(8-10)13(16(18,19)21(24)25)20-14(22)11-6-1-2-7-12(11)15(20)23/h1-8,13H. The molecule has 0 saturated carbocycles. The third kappa shape index (κ3) is 2.92. The summed E-state index contributed by atoms with van der Waals surface area (Å²) in [5.74, 6) is -1.36. The molecule has 0 aliphatic carbocycles. The zero-order valence-corrected chi connectivity index (χ0v) is 15.5. The quantitative estimate of drug-likeness (QED) is 0.233. The summed E-state index contributed by atoms with van der Waals surface area (Å²) in [6, 6.07) is 11.0. The molecule has 25 heavy (non-hydrogen) atoms. The van der Waals surface area contributed by atoms with Crippen LogP contribution in [0.15, 0.2) is 53.0 Å². The van der Waals surface area contributed by atoms with Gasteiger partial charge in [0.1, 0.15) is 0 Å². The Balaban J connectivity index is 2.19. The lowest BCUT2D eigenvalue weighted by Crippen LogP contribution is -2.46. The Morgan fingerprint density at radius 1 is 1.04 bits per heavy atom. The van der Waals surface area contributed by atoms with Gasteiger partial charge in [-0.25, -0.2) is 0 Å². The monoisotopic (exact) mass is 442 g/mol. The highest BCUT2D eigenvalue weighted by molar-refractivity contribution is 9.10. The van der Waals surface area contributed by atoms with E-state index in [4.69, 9.17) is 23.2 Å². The highest BCUT2D eigenvalue weighted by Gasteiger charge is 2.56. The van der Waals surface area contributed by atoms with Crippen LogP contribution in [0.3, 0.4) is 0 Å². The van der Waals surface area contributed by atoms with E-state index in [1.54, 1.807) is 24.3 Å². The van der Waals surface area contributed by atoms with Crippen LogP contribution in [0.5, 0.6) is 0 Å². The fraction of sp³-hybridized carbons (Fsp3) is 0.125. The molecule has 1 aliphatic rings. The van der Waals surface area contributed by atoms with Crippen LogP contribution < -0.4 is 0 Å². The van der Waals surface area contributed by atoms with E-state index in [-0.39, 0.29) is 16.7 Å². The second-order valence-corrected chi connectivity index (χ2v) is 7.59. The molecule has 2 aromatic carbocycles. The molecule has 6 nitrogen and oxygen atoms in total. The SMILES string of the molecule is O=C1c2ccccc2C(=O)N1C(c1cccc(Br)c1)C(Cl)(Cl)[N+](=O)[O-]. The largest absolute Gasteiger partial charge is 0.395 e. The van der Waals surface area contributed by atoms with Crippen LogP contribution >= 0.6 is 39.1 Å². The van der Waals surface area contributed by atoms with E-state index in [2.05, 4.69) is 15.9 Å². The van der Waals surface area contributed by atoms with Crippen molar-refractivity contribution in [3.8, 4) is 0 Å². The van der Waals surface area contributed by atoms with Gasteiger partial charge in [0.15, 0.2) is 6.04 Å². The van der Waals surface area contributed by atoms with Crippen molar-refractivity contribution < 1.29 is 14.5 Å². The van der Waals surface area contributed by atoms with E-state index >= 15 is 0 Å². The maximum Gasteiger partial charge on any atom is 0.395 e. The average Bonchev–Trinajstić information content (AvgIpc) is 2.81. The second-order valence-electron chi connectivity index (χ2n) is 5.33. The zero-order chi connectivity index (χ0) is 18.4. The molecule has 0 fully saturated rings. The van der Waals surface area contributed by atoms with Crippen molar-refractivity contribution in [2.24, 2.45) is 0 Å². The highest BCUT2D eigenvalue weighted by Crippen LogP contribution is 2.44. The smallest absolute Gasteiger partial charge is 0.269 e. The molecule has 1 heterocycles. The molecule has 0 N–H and O–H groups in total. The first-order chi connectivity index (χ1) is 11.7. The van der Waals surface area contributed by atoms with Gasteiger partial charge in [-0.15, -0.1) is 0 Å². The zero-order valence-electron chi connectivity index (χ0n) is 12.4. The van der Waals surface area contributed by atoms with Gasteiger partial charge >= 0.3 is 4.46 Å². The van der Waals surface area contributed by atoms with Crippen molar-refractivity contribution in [2.75, 3.05) is 0 Å². The predicted octanol–water partition coefficient (Wildman–Crippen LogP) is 4.19. The van der Waals surface area contributed by atoms with Crippen molar-refractivity contribution in [3.63, 3.8) is 0 Å². The molecule has 3 rings (SSSR count). The Kier molecular flexibility index (Phi) is 4.57. The first kappa shape index (κ1) is 17.8. The summed E-state index contributed by atoms with van der Waals surface area (Å²) in [6.45, 7) is 0. The maximum atomic E-state index is 12.7. The lowest BCUT2D eigenvalue weighted by atomic mass is 10.0. The number of hydrogen-bond donors (Lipinski definition) is 0. The molecule has 1 aliphatic heterocycles. The Bertz CT molecular complexity index is 868. The summed E-state index contributed by atoms with van der Waals surface area (Å²) in [5, 5.41) is 11.4. The van der Waals surface area contributed by atoms with Crippen LogP contribution in [0.25, 0.3) is 0 Å². The number of carbonyl (C=O) groups is 2. The lowest BCUT2D eigenvalue weighted by Gasteiger charge is -2.30. The number of nitro groups is 1. The van der Waals surface area contributed by atoms with Gasteiger partial charge in [0.25, 0.3) is 11.8 Å². The molecule has 0 bridgehead atoms. The summed E-state index contributed by atoms with van der Waals surface area (Å²) >= 11 is 15.2. The Hall–Kier alpha value is -1.96. The number of halogens is 3. The van der Waals surface area contributed by atoms with E-state index in [1.165, 1.54) is 24.3 Å². The molecule has 0 spiro atoms. The highest BCUT2D eigenvalue weighted by atomic mass is 79.9. The molecule has 9 heteroatoms. The molecule has 1 atom stereocenters. The van der Waals surface area contributed by atoms with Crippen LogP contribution in [0, 0.1) is 10.1 Å². The minimum Gasteiger partial charge on any atom is -0.269 e. The molecule has 128 valence electrons. The minimum absolute atomic E-state index is 0.153. The van der Waals surface area contributed by atoms with E-state index in [0.29, 0.717) is 4.47 Å². The number of nitrogens with zero attached hydrogens (tertiary/aromatic N) is 2. The topological polar surface area (TPSA) is 80.5 Å². The first-order valence-electron chi connectivity index (χ1n) is 7.00. The first-order valence-corrected chi connectivity index (χ1v) is 8.54.